The van der Waals surface area contributed by atoms with Gasteiger partial charge in [-0.1, -0.05) is 0 Å². The van der Waals surface area contributed by atoms with E-state index in [0.717, 1.165) is 6.42 Å². The number of nitrogens with two attached hydrogens (primary N) is 1. The molecule has 0 unspecified atom stereocenters. The summed E-state index contributed by atoms with van der Waals surface area (Å²) >= 11 is 0. The van der Waals surface area contributed by atoms with Crippen LogP contribution in [0.5, 0.6) is 0 Å². The van der Waals surface area contributed by atoms with Crippen LogP contribution in [-0.4, -0.2) is 35.4 Å². The Hall–Kier alpha value is -1.43. The van der Waals surface area contributed by atoms with E-state index < -0.39 is 17.9 Å². The zero-order valence-corrected chi connectivity index (χ0v) is 10.1. The van der Waals surface area contributed by atoms with Crippen LogP contribution < -0.4 is 11.1 Å². The Balaban J connectivity index is 4.02. The van der Waals surface area contributed by atoms with Gasteiger partial charge in [-0.3, -0.25) is 4.79 Å². The van der Waals surface area contributed by atoms with Gasteiger partial charge in [-0.05, 0) is 32.7 Å². The molecule has 6 heteroatoms. The SMILES string of the molecule is CC(=O)CCC(=O)N[C@@H](CCCCN)C(=O)O. The fourth-order valence-electron chi connectivity index (χ4n) is 1.31. The van der Waals surface area contributed by atoms with Gasteiger partial charge in [-0.15, -0.1) is 0 Å². The standard InChI is InChI=1S/C11H20N2O4/c1-8(14)5-6-10(15)13-9(11(16)17)4-2-3-7-12/h9H,2-7,12H2,1H3,(H,13,15)(H,16,17)/t9-/m0/s1. The quantitative estimate of drug-likeness (QED) is 0.497. The Morgan fingerprint density at radius 3 is 2.35 bits per heavy atom. The lowest BCUT2D eigenvalue weighted by Gasteiger charge is -2.13. The van der Waals surface area contributed by atoms with Gasteiger partial charge in [0.05, 0.1) is 0 Å². The van der Waals surface area contributed by atoms with Gasteiger partial charge in [0, 0.05) is 12.8 Å². The minimum absolute atomic E-state index is 0.0377. The summed E-state index contributed by atoms with van der Waals surface area (Å²) < 4.78 is 0. The van der Waals surface area contributed by atoms with E-state index in [0.29, 0.717) is 19.4 Å². The van der Waals surface area contributed by atoms with E-state index in [1.54, 1.807) is 0 Å². The molecule has 0 aliphatic heterocycles. The van der Waals surface area contributed by atoms with Crippen molar-refractivity contribution in [3.63, 3.8) is 0 Å². The zero-order chi connectivity index (χ0) is 13.3. The van der Waals surface area contributed by atoms with Crippen LogP contribution in [0.3, 0.4) is 0 Å². The topological polar surface area (TPSA) is 109 Å². The predicted octanol–water partition coefficient (Wildman–Crippen LogP) is 0.0540. The van der Waals surface area contributed by atoms with Crippen molar-refractivity contribution in [3.05, 3.63) is 0 Å². The molecule has 0 radical (unpaired) electrons. The molecule has 6 nitrogen and oxygen atoms in total. The maximum Gasteiger partial charge on any atom is 0.326 e. The third kappa shape index (κ3) is 8.38. The number of carboxylic acids is 1. The molecular formula is C11H20N2O4. The second kappa shape index (κ2) is 8.69. The number of Topliss-reactive ketones (excluding diaryl/α,β-unsaturated/α-hetero) is 1. The van der Waals surface area contributed by atoms with Crippen molar-refractivity contribution >= 4 is 17.7 Å². The van der Waals surface area contributed by atoms with E-state index in [9.17, 15) is 14.4 Å². The average Bonchev–Trinajstić information content (AvgIpc) is 2.25. The van der Waals surface area contributed by atoms with E-state index >= 15 is 0 Å². The van der Waals surface area contributed by atoms with Crippen molar-refractivity contribution in [1.82, 2.24) is 5.32 Å². The number of carbonyl (C=O) groups is 3. The summed E-state index contributed by atoms with van der Waals surface area (Å²) in [4.78, 5) is 32.9. The van der Waals surface area contributed by atoms with E-state index in [-0.39, 0.29) is 18.6 Å². The van der Waals surface area contributed by atoms with Gasteiger partial charge in [-0.25, -0.2) is 4.79 Å². The number of aliphatic carboxylic acids is 1. The fourth-order valence-corrected chi connectivity index (χ4v) is 1.31. The first-order valence-corrected chi connectivity index (χ1v) is 5.69. The first kappa shape index (κ1) is 15.6. The van der Waals surface area contributed by atoms with Gasteiger partial charge in [0.15, 0.2) is 0 Å². The van der Waals surface area contributed by atoms with Crippen molar-refractivity contribution in [3.8, 4) is 0 Å². The minimum atomic E-state index is -1.06. The number of carbonyl (C=O) groups excluding carboxylic acids is 2. The monoisotopic (exact) mass is 244 g/mol. The molecule has 0 heterocycles. The molecule has 0 aromatic rings. The number of unbranched alkanes of at least 4 members (excludes halogenated alkanes) is 1. The minimum Gasteiger partial charge on any atom is -0.480 e. The second-order valence-electron chi connectivity index (χ2n) is 3.94. The van der Waals surface area contributed by atoms with Crippen LogP contribution in [0, 0.1) is 0 Å². The number of hydrogen-bond acceptors (Lipinski definition) is 4. The molecule has 1 amide bonds. The molecule has 0 bridgehead atoms. The lowest BCUT2D eigenvalue weighted by molar-refractivity contribution is -0.142. The first-order valence-electron chi connectivity index (χ1n) is 5.69. The summed E-state index contributed by atoms with van der Waals surface area (Å²) in [5.74, 6) is -1.55. The average molecular weight is 244 g/mol. The Morgan fingerprint density at radius 2 is 1.88 bits per heavy atom. The van der Waals surface area contributed by atoms with Crippen LogP contribution in [-0.2, 0) is 14.4 Å². The van der Waals surface area contributed by atoms with Crippen molar-refractivity contribution in [2.24, 2.45) is 5.73 Å². The molecule has 0 fully saturated rings. The maximum atomic E-state index is 11.3. The van der Waals surface area contributed by atoms with Gasteiger partial charge < -0.3 is 21.0 Å². The number of nitrogens with one attached hydrogen (secondary N) is 1. The molecular weight excluding hydrogens is 224 g/mol. The van der Waals surface area contributed by atoms with Crippen molar-refractivity contribution < 1.29 is 19.5 Å². The van der Waals surface area contributed by atoms with Crippen LogP contribution in [0.1, 0.15) is 39.0 Å². The number of ketones is 1. The second-order valence-corrected chi connectivity index (χ2v) is 3.94. The molecule has 0 aromatic heterocycles. The van der Waals surface area contributed by atoms with Crippen LogP contribution in [0.15, 0.2) is 0 Å². The van der Waals surface area contributed by atoms with E-state index in [2.05, 4.69) is 5.32 Å². The molecule has 0 aromatic carbocycles. The van der Waals surface area contributed by atoms with Gasteiger partial charge in [0.1, 0.15) is 11.8 Å². The molecule has 4 N–H and O–H groups in total. The molecule has 0 saturated heterocycles. The van der Waals surface area contributed by atoms with E-state index in [1.807, 2.05) is 0 Å². The van der Waals surface area contributed by atoms with Crippen LogP contribution in [0.4, 0.5) is 0 Å². The molecule has 0 aliphatic carbocycles. The molecule has 0 spiro atoms. The number of carboxylic acid groups (broad SMARTS) is 1. The van der Waals surface area contributed by atoms with Crippen LogP contribution >= 0.6 is 0 Å². The highest BCUT2D eigenvalue weighted by Crippen LogP contribution is 2.02. The highest BCUT2D eigenvalue weighted by molar-refractivity contribution is 5.86. The molecule has 98 valence electrons. The Labute approximate surface area is 101 Å². The van der Waals surface area contributed by atoms with Crippen LogP contribution in [0.2, 0.25) is 0 Å². The number of amides is 1. The van der Waals surface area contributed by atoms with E-state index in [4.69, 9.17) is 10.8 Å². The molecule has 0 saturated carbocycles. The summed E-state index contributed by atoms with van der Waals surface area (Å²) in [7, 11) is 0. The van der Waals surface area contributed by atoms with Crippen molar-refractivity contribution in [1.29, 1.82) is 0 Å². The maximum absolute atomic E-state index is 11.3. The molecule has 17 heavy (non-hydrogen) atoms. The Bertz CT molecular complexity index is 279. The zero-order valence-electron chi connectivity index (χ0n) is 10.1. The number of hydrogen-bond donors (Lipinski definition) is 3. The van der Waals surface area contributed by atoms with Gasteiger partial charge >= 0.3 is 5.97 Å². The van der Waals surface area contributed by atoms with Gasteiger partial charge in [-0.2, -0.15) is 0 Å². The fraction of sp³-hybridized carbons (Fsp3) is 0.727. The Kier molecular flexibility index (Phi) is 7.96. The summed E-state index contributed by atoms with van der Waals surface area (Å²) in [6.07, 6.45) is 1.92. The molecule has 0 rings (SSSR count). The Morgan fingerprint density at radius 1 is 1.24 bits per heavy atom. The van der Waals surface area contributed by atoms with Gasteiger partial charge in [0.25, 0.3) is 0 Å². The third-order valence-corrected chi connectivity index (χ3v) is 2.28. The summed E-state index contributed by atoms with van der Waals surface area (Å²) in [6.45, 7) is 1.90. The molecule has 1 atom stereocenters. The first-order chi connectivity index (χ1) is 7.97. The van der Waals surface area contributed by atoms with Gasteiger partial charge in [0.2, 0.25) is 5.91 Å². The van der Waals surface area contributed by atoms with Crippen molar-refractivity contribution in [2.45, 2.75) is 45.1 Å². The third-order valence-electron chi connectivity index (χ3n) is 2.28. The highest BCUT2D eigenvalue weighted by atomic mass is 16.4. The summed E-state index contributed by atoms with van der Waals surface area (Å²) in [6, 6.07) is -0.888. The lowest BCUT2D eigenvalue weighted by Crippen LogP contribution is -2.40. The normalized spacial score (nSPS) is 11.9. The largest absolute Gasteiger partial charge is 0.480 e. The lowest BCUT2D eigenvalue weighted by atomic mass is 10.1. The predicted molar refractivity (Wildman–Crippen MR) is 62.4 cm³/mol. The van der Waals surface area contributed by atoms with Crippen molar-refractivity contribution in [2.75, 3.05) is 6.54 Å². The molecule has 0 aliphatic rings. The number of rotatable bonds is 9. The van der Waals surface area contributed by atoms with Crippen LogP contribution in [0.25, 0.3) is 0 Å². The smallest absolute Gasteiger partial charge is 0.326 e. The van der Waals surface area contributed by atoms with E-state index in [1.165, 1.54) is 6.92 Å². The summed E-state index contributed by atoms with van der Waals surface area (Å²) in [5, 5.41) is 11.3. The highest BCUT2D eigenvalue weighted by Gasteiger charge is 2.19. The summed E-state index contributed by atoms with van der Waals surface area (Å²) in [5.41, 5.74) is 5.30.